The van der Waals surface area contributed by atoms with Crippen LogP contribution in [0.2, 0.25) is 0 Å². The summed E-state index contributed by atoms with van der Waals surface area (Å²) in [5, 5.41) is 2.14. The van der Waals surface area contributed by atoms with Gasteiger partial charge in [-0.05, 0) is 31.6 Å². The molecule has 0 N–H and O–H groups in total. The summed E-state index contributed by atoms with van der Waals surface area (Å²) >= 11 is 3.58. The Kier molecular flexibility index (Phi) is 8.56. The van der Waals surface area contributed by atoms with Gasteiger partial charge in [0.05, 0.1) is 42.7 Å². The summed E-state index contributed by atoms with van der Waals surface area (Å²) in [6.45, 7) is 6.02. The van der Waals surface area contributed by atoms with E-state index >= 15 is 0 Å². The number of hydrogen-bond donors (Lipinski definition) is 0. The summed E-state index contributed by atoms with van der Waals surface area (Å²) in [5.41, 5.74) is 0. The van der Waals surface area contributed by atoms with Gasteiger partial charge >= 0.3 is 0 Å². The van der Waals surface area contributed by atoms with Crippen molar-refractivity contribution in [2.24, 2.45) is 0 Å². The van der Waals surface area contributed by atoms with Gasteiger partial charge in [-0.25, -0.2) is 0 Å². The van der Waals surface area contributed by atoms with Crippen molar-refractivity contribution in [3.63, 3.8) is 0 Å². The molecule has 0 unspecified atom stereocenters. The Labute approximate surface area is 237 Å². The predicted octanol–water partition coefficient (Wildman–Crippen LogP) is 5.88. The Morgan fingerprint density at radius 1 is 0.538 bits per heavy atom. The summed E-state index contributed by atoms with van der Waals surface area (Å²) < 4.78 is 36.0. The van der Waals surface area contributed by atoms with Gasteiger partial charge < -0.3 is 28.4 Å². The fourth-order valence-electron chi connectivity index (χ4n) is 5.35. The van der Waals surface area contributed by atoms with Gasteiger partial charge in [0, 0.05) is 68.2 Å². The number of benzene rings is 2. The highest BCUT2D eigenvalue weighted by Gasteiger charge is 2.22. The van der Waals surface area contributed by atoms with Crippen molar-refractivity contribution < 1.29 is 28.4 Å². The minimum Gasteiger partial charge on any atom is -0.493 e. The lowest BCUT2D eigenvalue weighted by Gasteiger charge is -2.20. The molecule has 39 heavy (non-hydrogen) atoms. The Balaban J connectivity index is 1.28. The maximum absolute atomic E-state index is 5.71. The van der Waals surface area contributed by atoms with E-state index in [0.29, 0.717) is 23.0 Å². The second-order valence-corrected chi connectivity index (χ2v) is 11.8. The SMILES string of the molecule is COc1cc2sc(CN3CCCN(Cc4cc5c(OC)c(OC)c(OC)cc5s4)CC3)cc2c(OC)c1OC. The molecule has 0 radical (unpaired) electrons. The number of methoxy groups -OCH3 is 6. The smallest absolute Gasteiger partial charge is 0.204 e. The third-order valence-electron chi connectivity index (χ3n) is 7.19. The van der Waals surface area contributed by atoms with Crippen LogP contribution in [0.15, 0.2) is 24.3 Å². The van der Waals surface area contributed by atoms with Crippen LogP contribution in [0.25, 0.3) is 20.2 Å². The van der Waals surface area contributed by atoms with Crippen molar-refractivity contribution in [1.29, 1.82) is 0 Å². The Bertz CT molecular complexity index is 1340. The van der Waals surface area contributed by atoms with E-state index in [9.17, 15) is 0 Å². The molecule has 10 heteroatoms. The molecule has 1 aliphatic heterocycles. The monoisotopic (exact) mass is 572 g/mol. The fraction of sp³-hybridized carbons (Fsp3) is 0.448. The van der Waals surface area contributed by atoms with E-state index < -0.39 is 0 Å². The van der Waals surface area contributed by atoms with Crippen molar-refractivity contribution >= 4 is 42.8 Å². The zero-order chi connectivity index (χ0) is 27.5. The Morgan fingerprint density at radius 2 is 0.949 bits per heavy atom. The van der Waals surface area contributed by atoms with E-state index in [-0.39, 0.29) is 0 Å². The van der Waals surface area contributed by atoms with E-state index in [2.05, 4.69) is 21.9 Å². The standard InChI is InChI=1S/C29H36N2O6S2/c1-32-22-14-24-20(26(34-3)28(22)36-5)12-18(38-24)16-30-8-7-9-31(11-10-30)17-19-13-21-25(39-19)15-23(33-2)29(37-6)27(21)35-4/h12-15H,7-11,16-17H2,1-6H3. The van der Waals surface area contributed by atoms with Gasteiger partial charge in [-0.1, -0.05) is 0 Å². The van der Waals surface area contributed by atoms with Crippen molar-refractivity contribution in [3.05, 3.63) is 34.0 Å². The van der Waals surface area contributed by atoms with Gasteiger partial charge in [0.2, 0.25) is 11.5 Å². The number of rotatable bonds is 10. The van der Waals surface area contributed by atoms with Crippen LogP contribution in [0.4, 0.5) is 0 Å². The molecule has 3 heterocycles. The molecule has 2 aromatic heterocycles. The minimum absolute atomic E-state index is 0.637. The molecule has 0 atom stereocenters. The second kappa shape index (κ2) is 12.1. The Morgan fingerprint density at radius 3 is 1.31 bits per heavy atom. The molecule has 0 amide bonds. The van der Waals surface area contributed by atoms with Gasteiger partial charge in [-0.2, -0.15) is 0 Å². The first-order valence-corrected chi connectivity index (χ1v) is 14.5. The largest absolute Gasteiger partial charge is 0.493 e. The molecule has 0 bridgehead atoms. The third-order valence-corrected chi connectivity index (χ3v) is 9.33. The number of hydrogen-bond acceptors (Lipinski definition) is 10. The van der Waals surface area contributed by atoms with Gasteiger partial charge in [0.15, 0.2) is 23.0 Å². The predicted molar refractivity (Wildman–Crippen MR) is 158 cm³/mol. The first-order valence-electron chi connectivity index (χ1n) is 12.9. The molecule has 0 spiro atoms. The van der Waals surface area contributed by atoms with Crippen LogP contribution in [-0.2, 0) is 13.1 Å². The van der Waals surface area contributed by atoms with Crippen molar-refractivity contribution in [2.45, 2.75) is 19.5 Å². The molecule has 8 nitrogen and oxygen atoms in total. The minimum atomic E-state index is 0.637. The van der Waals surface area contributed by atoms with Crippen LogP contribution >= 0.6 is 22.7 Å². The van der Waals surface area contributed by atoms with Gasteiger partial charge in [-0.15, -0.1) is 22.7 Å². The van der Waals surface area contributed by atoms with E-state index in [1.807, 2.05) is 12.1 Å². The molecular weight excluding hydrogens is 536 g/mol. The summed E-state index contributed by atoms with van der Waals surface area (Å²) in [7, 11) is 9.96. The average Bonchev–Trinajstić information content (AvgIpc) is 3.48. The second-order valence-electron chi connectivity index (χ2n) is 9.45. The maximum atomic E-state index is 5.71. The lowest BCUT2D eigenvalue weighted by Crippen LogP contribution is -2.29. The van der Waals surface area contributed by atoms with Crippen LogP contribution in [0.3, 0.4) is 0 Å². The lowest BCUT2D eigenvalue weighted by molar-refractivity contribution is 0.249. The molecule has 2 aromatic carbocycles. The Hall–Kier alpha value is -2.92. The molecule has 0 saturated carbocycles. The highest BCUT2D eigenvalue weighted by Crippen LogP contribution is 2.47. The number of thiophene rings is 2. The molecular formula is C29H36N2O6S2. The number of nitrogens with zero attached hydrogens (tertiary/aromatic N) is 2. The van der Waals surface area contributed by atoms with Crippen LogP contribution in [0.5, 0.6) is 34.5 Å². The van der Waals surface area contributed by atoms with E-state index in [0.717, 1.165) is 77.4 Å². The lowest BCUT2D eigenvalue weighted by atomic mass is 10.2. The molecule has 5 rings (SSSR count). The normalized spacial score (nSPS) is 14.9. The maximum Gasteiger partial charge on any atom is 0.204 e. The fourth-order valence-corrected chi connectivity index (χ4v) is 7.62. The summed E-state index contributed by atoms with van der Waals surface area (Å²) in [6, 6.07) is 8.55. The van der Waals surface area contributed by atoms with Crippen LogP contribution < -0.4 is 28.4 Å². The molecule has 1 saturated heterocycles. The molecule has 210 valence electrons. The van der Waals surface area contributed by atoms with Crippen molar-refractivity contribution in [2.75, 3.05) is 68.8 Å². The first-order chi connectivity index (χ1) is 19.0. The summed E-state index contributed by atoms with van der Waals surface area (Å²) in [4.78, 5) is 7.73. The van der Waals surface area contributed by atoms with Crippen molar-refractivity contribution in [1.82, 2.24) is 9.80 Å². The molecule has 1 fully saturated rings. The van der Waals surface area contributed by atoms with Gasteiger partial charge in [0.25, 0.3) is 0 Å². The third kappa shape index (κ3) is 5.43. The van der Waals surface area contributed by atoms with Crippen LogP contribution in [0, 0.1) is 0 Å². The first kappa shape index (κ1) is 27.6. The average molecular weight is 573 g/mol. The van der Waals surface area contributed by atoms with Crippen molar-refractivity contribution in [3.8, 4) is 34.5 Å². The molecule has 0 aliphatic carbocycles. The van der Waals surface area contributed by atoms with Crippen LogP contribution in [-0.4, -0.2) is 78.6 Å². The highest BCUT2D eigenvalue weighted by atomic mass is 32.1. The van der Waals surface area contributed by atoms with Gasteiger partial charge in [-0.3, -0.25) is 9.80 Å². The topological polar surface area (TPSA) is 61.9 Å². The summed E-state index contributed by atoms with van der Waals surface area (Å²) in [6.07, 6.45) is 1.13. The van der Waals surface area contributed by atoms with Crippen LogP contribution in [0.1, 0.15) is 16.2 Å². The van der Waals surface area contributed by atoms with E-state index in [1.165, 1.54) is 9.75 Å². The zero-order valence-electron chi connectivity index (χ0n) is 23.4. The molecule has 4 aromatic rings. The number of ether oxygens (including phenoxy) is 6. The summed E-state index contributed by atoms with van der Waals surface area (Å²) in [5.74, 6) is 4.11. The number of fused-ring (bicyclic) bond motifs is 2. The van der Waals surface area contributed by atoms with Gasteiger partial charge in [0.1, 0.15) is 0 Å². The van der Waals surface area contributed by atoms with E-state index in [4.69, 9.17) is 28.4 Å². The van der Waals surface area contributed by atoms with E-state index in [1.54, 1.807) is 65.3 Å². The highest BCUT2D eigenvalue weighted by molar-refractivity contribution is 7.19. The molecule has 1 aliphatic rings. The quantitative estimate of drug-likeness (QED) is 0.234. The zero-order valence-corrected chi connectivity index (χ0v) is 25.1.